The Morgan fingerprint density at radius 2 is 2.00 bits per heavy atom. The molecule has 5 aliphatic heterocycles. The van der Waals surface area contributed by atoms with Crippen molar-refractivity contribution in [3.8, 4) is 0 Å². The zero-order valence-electron chi connectivity index (χ0n) is 14.9. The minimum Gasteiger partial charge on any atom is -0.496 e. The van der Waals surface area contributed by atoms with Crippen molar-refractivity contribution in [3.63, 3.8) is 0 Å². The average molecular weight is 365 g/mol. The normalized spacial score (nSPS) is 47.4. The molecule has 0 aromatic rings. The summed E-state index contributed by atoms with van der Waals surface area (Å²) in [6.45, 7) is 4.75. The molecule has 8 heteroatoms. The quantitative estimate of drug-likeness (QED) is 0.480. The van der Waals surface area contributed by atoms with Gasteiger partial charge in [0.15, 0.2) is 11.2 Å². The van der Waals surface area contributed by atoms with Gasteiger partial charge in [-0.05, 0) is 13.8 Å². The number of cyclic esters (lactones) is 1. The third-order valence-corrected chi connectivity index (χ3v) is 6.58. The van der Waals surface area contributed by atoms with Gasteiger partial charge in [0.1, 0.15) is 11.4 Å². The summed E-state index contributed by atoms with van der Waals surface area (Å²) in [4.78, 5) is 27.3. The molecule has 3 fully saturated rings. The third-order valence-electron chi connectivity index (χ3n) is 6.58. The van der Waals surface area contributed by atoms with Crippen molar-refractivity contribution in [2.24, 2.45) is 5.92 Å². The summed E-state index contributed by atoms with van der Waals surface area (Å²) < 4.78 is 23.1. The van der Waals surface area contributed by atoms with Gasteiger partial charge in [-0.15, -0.1) is 0 Å². The van der Waals surface area contributed by atoms with Gasteiger partial charge in [-0.1, -0.05) is 0 Å². The second kappa shape index (κ2) is 4.99. The van der Waals surface area contributed by atoms with E-state index in [1.807, 2.05) is 6.92 Å². The Bertz CT molecular complexity index is 735. The summed E-state index contributed by atoms with van der Waals surface area (Å²) in [6.07, 6.45) is 0.777. The maximum Gasteiger partial charge on any atom is 0.341 e. The van der Waals surface area contributed by atoms with Gasteiger partial charge >= 0.3 is 5.97 Å². The lowest BCUT2D eigenvalue weighted by Crippen LogP contribution is -2.49. The molecule has 3 saturated heterocycles. The Balaban J connectivity index is 1.65. The molecule has 26 heavy (non-hydrogen) atoms. The fraction of sp³-hybridized carbons (Fsp3) is 0.778. The molecule has 5 rings (SSSR count). The van der Waals surface area contributed by atoms with Crippen molar-refractivity contribution in [1.82, 2.24) is 4.90 Å². The molecular weight excluding hydrogens is 342 g/mol. The van der Waals surface area contributed by atoms with Gasteiger partial charge < -0.3 is 29.0 Å². The molecule has 1 spiro atoms. The van der Waals surface area contributed by atoms with Crippen LogP contribution < -0.4 is 0 Å². The second-order valence-corrected chi connectivity index (χ2v) is 8.08. The summed E-state index contributed by atoms with van der Waals surface area (Å²) in [5.41, 5.74) is -3.20. The number of aliphatic hydroxyl groups is 1. The lowest BCUT2D eigenvalue weighted by molar-refractivity contribution is -0.150. The average Bonchev–Trinajstić information content (AvgIpc) is 2.91. The Hall–Kier alpha value is -1.64. The Morgan fingerprint density at radius 1 is 1.23 bits per heavy atom. The van der Waals surface area contributed by atoms with E-state index in [9.17, 15) is 14.7 Å². The number of carbonyl (C=O) groups excluding carboxylic acids is 2. The van der Waals surface area contributed by atoms with E-state index >= 15 is 0 Å². The molecule has 0 aromatic heterocycles. The lowest BCUT2D eigenvalue weighted by atomic mass is 9.76. The summed E-state index contributed by atoms with van der Waals surface area (Å²) in [7, 11) is 0. The van der Waals surface area contributed by atoms with Crippen LogP contribution in [0.3, 0.4) is 0 Å². The zero-order valence-corrected chi connectivity index (χ0v) is 14.9. The van der Waals surface area contributed by atoms with Gasteiger partial charge in [0, 0.05) is 25.8 Å². The molecular formula is C18H23NO7. The lowest BCUT2D eigenvalue weighted by Gasteiger charge is -2.29. The second-order valence-electron chi connectivity index (χ2n) is 8.08. The molecule has 0 aromatic carbocycles. The molecule has 5 unspecified atom stereocenters. The van der Waals surface area contributed by atoms with Gasteiger partial charge in [-0.25, -0.2) is 4.79 Å². The third kappa shape index (κ3) is 1.84. The van der Waals surface area contributed by atoms with Crippen LogP contribution in [0.2, 0.25) is 0 Å². The van der Waals surface area contributed by atoms with Crippen molar-refractivity contribution in [2.45, 2.75) is 56.0 Å². The molecule has 5 aliphatic rings. The standard InChI is InChI=1S/C18H23NO7/c1-10-12-13-11-4-5-19(13)14(20)18(12,22)8-17(9-25-10)16(2,26-17)15(21)24-7-3-6-23-11/h10,12,22H,3-9H2,1-2H3. The van der Waals surface area contributed by atoms with Crippen LogP contribution in [-0.2, 0) is 28.5 Å². The number of rotatable bonds is 0. The smallest absolute Gasteiger partial charge is 0.341 e. The van der Waals surface area contributed by atoms with E-state index in [1.165, 1.54) is 0 Å². The highest BCUT2D eigenvalue weighted by Crippen LogP contribution is 2.60. The predicted molar refractivity (Wildman–Crippen MR) is 85.6 cm³/mol. The number of carbonyl (C=O) groups is 2. The van der Waals surface area contributed by atoms with Gasteiger partial charge in [0.25, 0.3) is 5.91 Å². The predicted octanol–water partition coefficient (Wildman–Crippen LogP) is 0.0912. The minimum atomic E-state index is -1.67. The summed E-state index contributed by atoms with van der Waals surface area (Å²) in [5, 5.41) is 11.5. The molecule has 8 nitrogen and oxygen atoms in total. The van der Waals surface area contributed by atoms with E-state index in [0.29, 0.717) is 26.0 Å². The number of esters is 1. The maximum absolute atomic E-state index is 13.1. The summed E-state index contributed by atoms with van der Waals surface area (Å²) in [6, 6.07) is 0. The number of hydrogen-bond acceptors (Lipinski definition) is 7. The van der Waals surface area contributed by atoms with Crippen LogP contribution in [0.25, 0.3) is 0 Å². The van der Waals surface area contributed by atoms with Crippen molar-refractivity contribution >= 4 is 11.9 Å². The van der Waals surface area contributed by atoms with Crippen molar-refractivity contribution in [2.75, 3.05) is 26.4 Å². The SMILES string of the molecule is CC1OCC23CC4(O)C(=O)N5CCC(=C5C14)OCCCOC(=O)C2(C)O3. The van der Waals surface area contributed by atoms with Gasteiger partial charge in [-0.3, -0.25) is 4.79 Å². The highest BCUT2D eigenvalue weighted by Gasteiger charge is 2.78. The molecule has 142 valence electrons. The van der Waals surface area contributed by atoms with Gasteiger partial charge in [0.2, 0.25) is 0 Å². The van der Waals surface area contributed by atoms with E-state index in [4.69, 9.17) is 18.9 Å². The number of nitrogens with zero attached hydrogens (tertiary/aromatic N) is 1. The van der Waals surface area contributed by atoms with Crippen LogP contribution in [-0.4, -0.2) is 71.2 Å². The first kappa shape index (κ1) is 16.5. The largest absolute Gasteiger partial charge is 0.496 e. The first-order valence-electron chi connectivity index (χ1n) is 9.22. The number of hydrogen-bond donors (Lipinski definition) is 1. The molecule has 0 radical (unpaired) electrons. The van der Waals surface area contributed by atoms with E-state index in [2.05, 4.69) is 0 Å². The molecule has 1 amide bonds. The number of epoxide rings is 1. The van der Waals surface area contributed by atoms with Crippen molar-refractivity contribution in [3.05, 3.63) is 11.5 Å². The number of ether oxygens (including phenoxy) is 4. The Morgan fingerprint density at radius 3 is 2.81 bits per heavy atom. The Labute approximate surface area is 151 Å². The van der Waals surface area contributed by atoms with Crippen molar-refractivity contribution < 1.29 is 33.6 Å². The zero-order chi connectivity index (χ0) is 18.3. The van der Waals surface area contributed by atoms with E-state index in [0.717, 1.165) is 11.5 Å². The summed E-state index contributed by atoms with van der Waals surface area (Å²) in [5.74, 6) is -0.635. The molecule has 5 atom stereocenters. The highest BCUT2D eigenvalue weighted by molar-refractivity contribution is 5.93. The van der Waals surface area contributed by atoms with E-state index in [1.54, 1.807) is 11.8 Å². The fourth-order valence-electron chi connectivity index (χ4n) is 5.07. The van der Waals surface area contributed by atoms with E-state index in [-0.39, 0.29) is 25.5 Å². The minimum absolute atomic E-state index is 0.00667. The fourth-order valence-corrected chi connectivity index (χ4v) is 5.07. The van der Waals surface area contributed by atoms with Crippen LogP contribution in [0.5, 0.6) is 0 Å². The summed E-state index contributed by atoms with van der Waals surface area (Å²) >= 11 is 0. The van der Waals surface area contributed by atoms with Crippen molar-refractivity contribution in [1.29, 1.82) is 0 Å². The monoisotopic (exact) mass is 365 g/mol. The maximum atomic E-state index is 13.1. The van der Waals surface area contributed by atoms with Crippen LogP contribution in [0.4, 0.5) is 0 Å². The first-order valence-corrected chi connectivity index (χ1v) is 9.22. The topological polar surface area (TPSA) is 97.8 Å². The first-order chi connectivity index (χ1) is 12.3. The van der Waals surface area contributed by atoms with Gasteiger partial charge in [0.05, 0.1) is 37.5 Å². The molecule has 0 aliphatic carbocycles. The van der Waals surface area contributed by atoms with Crippen LogP contribution in [0.15, 0.2) is 11.5 Å². The Kier molecular flexibility index (Phi) is 3.17. The molecule has 5 heterocycles. The van der Waals surface area contributed by atoms with Crippen LogP contribution >= 0.6 is 0 Å². The molecule has 0 saturated carbocycles. The molecule has 1 N–H and O–H groups in total. The van der Waals surface area contributed by atoms with E-state index < -0.39 is 34.8 Å². The van der Waals surface area contributed by atoms with Crippen LogP contribution in [0, 0.1) is 5.92 Å². The number of amides is 1. The van der Waals surface area contributed by atoms with Gasteiger partial charge in [-0.2, -0.15) is 0 Å². The molecule has 4 bridgehead atoms. The highest BCUT2D eigenvalue weighted by atomic mass is 16.7. The van der Waals surface area contributed by atoms with Crippen LogP contribution in [0.1, 0.15) is 33.1 Å².